The van der Waals surface area contributed by atoms with Crippen molar-refractivity contribution < 1.29 is 29.0 Å². The molecule has 33 heavy (non-hydrogen) atoms. The van der Waals surface area contributed by atoms with E-state index in [4.69, 9.17) is 9.15 Å². The largest absolute Gasteiger partial charge is 0.504 e. The van der Waals surface area contributed by atoms with Crippen LogP contribution in [0, 0.1) is 0 Å². The van der Waals surface area contributed by atoms with Gasteiger partial charge in [-0.2, -0.15) is 0 Å². The van der Waals surface area contributed by atoms with Gasteiger partial charge >= 0.3 is 0 Å². The van der Waals surface area contributed by atoms with Gasteiger partial charge in [0.2, 0.25) is 5.78 Å². The lowest BCUT2D eigenvalue weighted by Gasteiger charge is -2.32. The third-order valence-corrected chi connectivity index (χ3v) is 6.92. The Labute approximate surface area is 198 Å². The Morgan fingerprint density at radius 2 is 1.88 bits per heavy atom. The van der Waals surface area contributed by atoms with Crippen LogP contribution in [0.1, 0.15) is 47.8 Å². The minimum absolute atomic E-state index is 0.0356. The summed E-state index contributed by atoms with van der Waals surface area (Å²) in [6, 6.07) is 10.8. The number of carbonyl (C=O) groups is 2. The molecule has 5 rings (SSSR count). The number of halogens is 1. The maximum atomic E-state index is 13.6. The fourth-order valence-corrected chi connectivity index (χ4v) is 5.26. The molecule has 1 unspecified atom stereocenters. The summed E-state index contributed by atoms with van der Waals surface area (Å²) in [6.45, 7) is 0. The molecule has 1 atom stereocenters. The van der Waals surface area contributed by atoms with E-state index < -0.39 is 23.5 Å². The molecule has 3 aromatic rings. The van der Waals surface area contributed by atoms with Crippen molar-refractivity contribution in [1.29, 1.82) is 0 Å². The molecule has 1 amide bonds. The molecule has 1 saturated carbocycles. The summed E-state index contributed by atoms with van der Waals surface area (Å²) in [5.74, 6) is -1.51. The second-order valence-electron chi connectivity index (χ2n) is 8.37. The number of methoxy groups -OCH3 is 1. The summed E-state index contributed by atoms with van der Waals surface area (Å²) in [5, 5.41) is 22.0. The van der Waals surface area contributed by atoms with Crippen LogP contribution in [0.4, 0.5) is 0 Å². The first-order chi connectivity index (χ1) is 15.9. The zero-order chi connectivity index (χ0) is 23.3. The van der Waals surface area contributed by atoms with E-state index in [1.54, 1.807) is 35.2 Å². The Morgan fingerprint density at radius 1 is 1.12 bits per heavy atom. The highest BCUT2D eigenvalue weighted by Crippen LogP contribution is 2.45. The van der Waals surface area contributed by atoms with E-state index in [-0.39, 0.29) is 28.9 Å². The number of amides is 1. The van der Waals surface area contributed by atoms with Crippen molar-refractivity contribution in [2.75, 3.05) is 7.11 Å². The first-order valence-electron chi connectivity index (χ1n) is 10.8. The molecule has 170 valence electrons. The summed E-state index contributed by atoms with van der Waals surface area (Å²) >= 11 is 3.41. The van der Waals surface area contributed by atoms with Crippen LogP contribution < -0.4 is 4.74 Å². The molecule has 2 aliphatic rings. The number of ketones is 1. The van der Waals surface area contributed by atoms with Gasteiger partial charge in [-0.15, -0.1) is 0 Å². The van der Waals surface area contributed by atoms with E-state index in [9.17, 15) is 19.8 Å². The van der Waals surface area contributed by atoms with Crippen LogP contribution in [0.5, 0.6) is 11.5 Å². The van der Waals surface area contributed by atoms with Gasteiger partial charge in [0.25, 0.3) is 5.91 Å². The first-order valence-corrected chi connectivity index (χ1v) is 11.5. The Kier molecular flexibility index (Phi) is 5.40. The maximum Gasteiger partial charge on any atom is 0.290 e. The molecule has 0 radical (unpaired) electrons. The van der Waals surface area contributed by atoms with Crippen LogP contribution in [-0.2, 0) is 4.79 Å². The van der Waals surface area contributed by atoms with Crippen LogP contribution in [0.3, 0.4) is 0 Å². The number of phenolic OH excluding ortho intramolecular Hbond substituents is 1. The van der Waals surface area contributed by atoms with E-state index in [2.05, 4.69) is 15.9 Å². The smallest absolute Gasteiger partial charge is 0.290 e. The monoisotopic (exact) mass is 511 g/mol. The predicted molar refractivity (Wildman–Crippen MR) is 124 cm³/mol. The number of ether oxygens (including phenoxy) is 1. The Morgan fingerprint density at radius 3 is 2.58 bits per heavy atom. The number of rotatable bonds is 5. The van der Waals surface area contributed by atoms with Gasteiger partial charge in [0.05, 0.1) is 18.7 Å². The number of nitrogens with zero attached hydrogens (tertiary/aromatic N) is 1. The van der Waals surface area contributed by atoms with Crippen molar-refractivity contribution in [3.63, 3.8) is 0 Å². The summed E-state index contributed by atoms with van der Waals surface area (Å²) in [6.07, 6.45) is 3.52. The second-order valence-corrected chi connectivity index (χ2v) is 9.28. The van der Waals surface area contributed by atoms with Crippen LogP contribution in [-0.4, -0.2) is 40.0 Å². The molecule has 0 spiro atoms. The lowest BCUT2D eigenvalue weighted by Crippen LogP contribution is -2.38. The highest BCUT2D eigenvalue weighted by Gasteiger charge is 2.47. The molecule has 0 bridgehead atoms. The average Bonchev–Trinajstić information content (AvgIpc) is 3.52. The topological polar surface area (TPSA) is 100 Å². The number of carbonyl (C=O) groups excluding carboxylic acids is 2. The Hall–Kier alpha value is -3.26. The number of furan rings is 1. The fraction of sp³-hybridized carbons (Fsp3) is 0.280. The van der Waals surface area contributed by atoms with Crippen molar-refractivity contribution in [3.05, 3.63) is 69.6 Å². The Balaban J connectivity index is 1.62. The molecule has 2 heterocycles. The van der Waals surface area contributed by atoms with Gasteiger partial charge in [0.1, 0.15) is 5.58 Å². The third kappa shape index (κ3) is 3.58. The second kappa shape index (κ2) is 8.26. The summed E-state index contributed by atoms with van der Waals surface area (Å²) < 4.78 is 11.8. The van der Waals surface area contributed by atoms with Crippen LogP contribution in [0.2, 0.25) is 0 Å². The molecule has 8 heteroatoms. The molecule has 1 aliphatic carbocycles. The van der Waals surface area contributed by atoms with E-state index in [1.165, 1.54) is 13.2 Å². The van der Waals surface area contributed by atoms with Crippen molar-refractivity contribution in [1.82, 2.24) is 4.90 Å². The minimum atomic E-state index is -0.843. The van der Waals surface area contributed by atoms with Crippen molar-refractivity contribution in [3.8, 4) is 11.5 Å². The van der Waals surface area contributed by atoms with Crippen molar-refractivity contribution in [2.24, 2.45) is 0 Å². The predicted octanol–water partition coefficient (Wildman–Crippen LogP) is 5.43. The SMILES string of the molecule is COc1ccc(C2C(C(=O)c3cc4cc(Br)ccc4o3)=C(O)C(=O)N2C2CCCC2)cc1O. The fourth-order valence-electron chi connectivity index (χ4n) is 4.88. The van der Waals surface area contributed by atoms with Gasteiger partial charge in [0, 0.05) is 15.9 Å². The molecule has 2 N–H and O–H groups in total. The van der Waals surface area contributed by atoms with E-state index in [1.807, 2.05) is 6.07 Å². The number of aliphatic hydroxyl groups is 1. The quantitative estimate of drug-likeness (QED) is 0.443. The van der Waals surface area contributed by atoms with Gasteiger partial charge in [-0.25, -0.2) is 0 Å². The number of hydrogen-bond acceptors (Lipinski definition) is 6. The Bertz CT molecular complexity index is 1300. The summed E-state index contributed by atoms with van der Waals surface area (Å²) in [7, 11) is 1.44. The molecular weight excluding hydrogens is 490 g/mol. The normalized spacial score (nSPS) is 19.2. The van der Waals surface area contributed by atoms with Crippen molar-refractivity contribution >= 4 is 38.6 Å². The van der Waals surface area contributed by atoms with Crippen LogP contribution in [0.25, 0.3) is 11.0 Å². The number of benzene rings is 2. The number of fused-ring (bicyclic) bond motifs is 1. The number of aliphatic hydroxyl groups excluding tert-OH is 1. The number of hydrogen-bond donors (Lipinski definition) is 2. The van der Waals surface area contributed by atoms with Gasteiger partial charge in [-0.3, -0.25) is 9.59 Å². The highest BCUT2D eigenvalue weighted by molar-refractivity contribution is 9.10. The van der Waals surface area contributed by atoms with Crippen LogP contribution >= 0.6 is 15.9 Å². The minimum Gasteiger partial charge on any atom is -0.504 e. The van der Waals surface area contributed by atoms with E-state index in [0.717, 1.165) is 35.5 Å². The zero-order valence-corrected chi connectivity index (χ0v) is 19.5. The van der Waals surface area contributed by atoms with Crippen molar-refractivity contribution in [2.45, 2.75) is 37.8 Å². The molecule has 1 aromatic heterocycles. The number of phenols is 1. The van der Waals surface area contributed by atoms with Gasteiger partial charge < -0.3 is 24.3 Å². The lowest BCUT2D eigenvalue weighted by molar-refractivity contribution is -0.131. The number of Topliss-reactive ketones (excluding diaryl/α,β-unsaturated/α-hetero) is 1. The maximum absolute atomic E-state index is 13.6. The third-order valence-electron chi connectivity index (χ3n) is 6.43. The molecule has 7 nitrogen and oxygen atoms in total. The van der Waals surface area contributed by atoms with E-state index >= 15 is 0 Å². The van der Waals surface area contributed by atoms with E-state index in [0.29, 0.717) is 11.1 Å². The highest BCUT2D eigenvalue weighted by atomic mass is 79.9. The summed E-state index contributed by atoms with van der Waals surface area (Å²) in [5.41, 5.74) is 0.992. The molecule has 0 saturated heterocycles. The zero-order valence-electron chi connectivity index (χ0n) is 17.9. The molecule has 1 aliphatic heterocycles. The lowest BCUT2D eigenvalue weighted by atomic mass is 9.93. The summed E-state index contributed by atoms with van der Waals surface area (Å²) in [4.78, 5) is 28.4. The molecule has 1 fully saturated rings. The van der Waals surface area contributed by atoms with Gasteiger partial charge in [-0.1, -0.05) is 34.8 Å². The standard InChI is InChI=1S/C25H22BrNO6/c1-32-19-8-6-13(11-17(19)28)22-21(24(30)25(31)27(22)16-4-2-3-5-16)23(29)20-12-14-10-15(26)7-9-18(14)33-20/h6-12,16,22,28,30H,2-5H2,1H3. The van der Waals surface area contributed by atoms with Gasteiger partial charge in [0.15, 0.2) is 23.0 Å². The molecule has 2 aromatic carbocycles. The first kappa shape index (κ1) is 21.6. The number of aromatic hydroxyl groups is 1. The average molecular weight is 512 g/mol. The molecular formula is C25H22BrNO6. The van der Waals surface area contributed by atoms with Gasteiger partial charge in [-0.05, 0) is 54.8 Å². The van der Waals surface area contributed by atoms with Crippen LogP contribution in [0.15, 0.2) is 62.7 Å².